The van der Waals surface area contributed by atoms with Crippen LogP contribution < -0.4 is 5.32 Å². The molecule has 0 atom stereocenters. The summed E-state index contributed by atoms with van der Waals surface area (Å²) in [4.78, 5) is 24.4. The lowest BCUT2D eigenvalue weighted by molar-refractivity contribution is 0.102. The minimum absolute atomic E-state index is 0.167. The molecule has 0 spiro atoms. The number of thiazole rings is 1. The van der Waals surface area contributed by atoms with E-state index in [9.17, 15) is 13.6 Å². The van der Waals surface area contributed by atoms with Gasteiger partial charge in [-0.2, -0.15) is 0 Å². The standard InChI is InChI=1S/C14H7F2N5OS/c15-7-4-9-11(5-8(7)16)23-14(19-9)20-12(22)10-6-21-3-1-2-17-13(21)18-10/h1-6H,(H,19,20,22). The number of rotatable bonds is 2. The first-order valence-corrected chi connectivity index (χ1v) is 7.28. The predicted octanol–water partition coefficient (Wildman–Crippen LogP) is 2.87. The fraction of sp³-hybridized carbons (Fsp3) is 0. The van der Waals surface area contributed by atoms with Gasteiger partial charge in [0.05, 0.1) is 10.2 Å². The van der Waals surface area contributed by atoms with Gasteiger partial charge in [0.1, 0.15) is 5.69 Å². The van der Waals surface area contributed by atoms with E-state index in [1.165, 1.54) is 6.20 Å². The van der Waals surface area contributed by atoms with Crippen LogP contribution in [0.4, 0.5) is 13.9 Å². The van der Waals surface area contributed by atoms with Gasteiger partial charge in [0.15, 0.2) is 16.8 Å². The van der Waals surface area contributed by atoms with E-state index in [0.29, 0.717) is 10.5 Å². The van der Waals surface area contributed by atoms with Gasteiger partial charge in [-0.25, -0.2) is 23.7 Å². The van der Waals surface area contributed by atoms with Gasteiger partial charge in [-0.05, 0) is 12.1 Å². The zero-order valence-electron chi connectivity index (χ0n) is 11.3. The van der Waals surface area contributed by atoms with Crippen LogP contribution in [0.2, 0.25) is 0 Å². The highest BCUT2D eigenvalue weighted by Gasteiger charge is 2.15. The molecule has 0 radical (unpaired) electrons. The lowest BCUT2D eigenvalue weighted by Crippen LogP contribution is -2.11. The Bertz CT molecular complexity index is 986. The maximum atomic E-state index is 13.2. The molecule has 0 aliphatic heterocycles. The molecule has 3 aromatic heterocycles. The topological polar surface area (TPSA) is 72.2 Å². The van der Waals surface area contributed by atoms with Crippen LogP contribution in [0.5, 0.6) is 0 Å². The first-order chi connectivity index (χ1) is 11.1. The Morgan fingerprint density at radius 3 is 2.87 bits per heavy atom. The van der Waals surface area contributed by atoms with Crippen molar-refractivity contribution in [2.24, 2.45) is 0 Å². The summed E-state index contributed by atoms with van der Waals surface area (Å²) in [6.07, 6.45) is 4.82. The second kappa shape index (κ2) is 5.06. The number of aromatic nitrogens is 4. The molecule has 1 aromatic carbocycles. The summed E-state index contributed by atoms with van der Waals surface area (Å²) in [6.45, 7) is 0. The van der Waals surface area contributed by atoms with E-state index in [2.05, 4.69) is 20.3 Å². The highest BCUT2D eigenvalue weighted by molar-refractivity contribution is 7.22. The number of amides is 1. The fourth-order valence-electron chi connectivity index (χ4n) is 2.08. The summed E-state index contributed by atoms with van der Waals surface area (Å²) in [5.74, 6) is -2.01. The minimum atomic E-state index is -0.980. The van der Waals surface area contributed by atoms with Crippen LogP contribution in [0.15, 0.2) is 36.8 Å². The second-order valence-corrected chi connectivity index (χ2v) is 5.69. The van der Waals surface area contributed by atoms with E-state index in [4.69, 9.17) is 0 Å². The Hall–Kier alpha value is -2.94. The third-order valence-corrected chi connectivity index (χ3v) is 4.05. The minimum Gasteiger partial charge on any atom is -0.296 e. The molecule has 0 saturated heterocycles. The van der Waals surface area contributed by atoms with Gasteiger partial charge in [0.2, 0.25) is 5.78 Å². The summed E-state index contributed by atoms with van der Waals surface area (Å²) in [7, 11) is 0. The molecular weight excluding hydrogens is 324 g/mol. The number of benzene rings is 1. The lowest BCUT2D eigenvalue weighted by atomic mass is 10.3. The molecule has 0 aliphatic carbocycles. The largest absolute Gasteiger partial charge is 0.296 e. The number of fused-ring (bicyclic) bond motifs is 2. The van der Waals surface area contributed by atoms with Crippen molar-refractivity contribution in [1.82, 2.24) is 19.4 Å². The molecule has 3 heterocycles. The van der Waals surface area contributed by atoms with E-state index >= 15 is 0 Å². The summed E-state index contributed by atoms with van der Waals surface area (Å²) in [5, 5.41) is 2.80. The van der Waals surface area contributed by atoms with Crippen LogP contribution in [0.25, 0.3) is 16.0 Å². The molecule has 4 rings (SSSR count). The Kier molecular flexibility index (Phi) is 3.01. The van der Waals surface area contributed by atoms with Crippen LogP contribution >= 0.6 is 11.3 Å². The van der Waals surface area contributed by atoms with Gasteiger partial charge < -0.3 is 0 Å². The van der Waals surface area contributed by atoms with Crippen molar-refractivity contribution >= 4 is 38.4 Å². The van der Waals surface area contributed by atoms with E-state index < -0.39 is 17.5 Å². The SMILES string of the molecule is O=C(Nc1nc2cc(F)c(F)cc2s1)c1cn2cccnc2n1. The van der Waals surface area contributed by atoms with Gasteiger partial charge in [0, 0.05) is 24.7 Å². The van der Waals surface area contributed by atoms with Crippen molar-refractivity contribution in [2.75, 3.05) is 5.32 Å². The van der Waals surface area contributed by atoms with Gasteiger partial charge in [-0.1, -0.05) is 11.3 Å². The van der Waals surface area contributed by atoms with Crippen molar-refractivity contribution in [3.63, 3.8) is 0 Å². The smallest absolute Gasteiger partial charge is 0.277 e. The number of hydrogen-bond acceptors (Lipinski definition) is 5. The molecule has 6 nitrogen and oxygen atoms in total. The number of anilines is 1. The average molecular weight is 331 g/mol. The number of nitrogens with zero attached hydrogens (tertiary/aromatic N) is 4. The van der Waals surface area contributed by atoms with Crippen LogP contribution in [0, 0.1) is 11.6 Å². The Balaban J connectivity index is 1.65. The van der Waals surface area contributed by atoms with E-state index in [-0.39, 0.29) is 16.3 Å². The first kappa shape index (κ1) is 13.7. The quantitative estimate of drug-likeness (QED) is 0.613. The number of hydrogen-bond donors (Lipinski definition) is 1. The van der Waals surface area contributed by atoms with E-state index in [1.54, 1.807) is 22.9 Å². The lowest BCUT2D eigenvalue weighted by Gasteiger charge is -1.96. The normalized spacial score (nSPS) is 11.2. The Morgan fingerprint density at radius 2 is 2.04 bits per heavy atom. The predicted molar refractivity (Wildman–Crippen MR) is 80.5 cm³/mol. The third-order valence-electron chi connectivity index (χ3n) is 3.12. The molecule has 4 aromatic rings. The van der Waals surface area contributed by atoms with Crippen LogP contribution in [0.3, 0.4) is 0 Å². The molecule has 0 unspecified atom stereocenters. The Labute approximate surface area is 131 Å². The third kappa shape index (κ3) is 2.40. The van der Waals surface area contributed by atoms with Crippen LogP contribution in [-0.4, -0.2) is 25.3 Å². The van der Waals surface area contributed by atoms with Crippen molar-refractivity contribution in [1.29, 1.82) is 0 Å². The van der Waals surface area contributed by atoms with E-state index in [1.807, 2.05) is 0 Å². The monoisotopic (exact) mass is 331 g/mol. The van der Waals surface area contributed by atoms with E-state index in [0.717, 1.165) is 23.5 Å². The second-order valence-electron chi connectivity index (χ2n) is 4.66. The maximum Gasteiger partial charge on any atom is 0.277 e. The fourth-order valence-corrected chi connectivity index (χ4v) is 2.95. The molecule has 23 heavy (non-hydrogen) atoms. The van der Waals surface area contributed by atoms with Crippen molar-refractivity contribution in [3.8, 4) is 0 Å². The van der Waals surface area contributed by atoms with Crippen LogP contribution in [-0.2, 0) is 0 Å². The maximum absolute atomic E-state index is 13.2. The zero-order chi connectivity index (χ0) is 16.0. The van der Waals surface area contributed by atoms with Crippen molar-refractivity contribution in [2.45, 2.75) is 0 Å². The Morgan fingerprint density at radius 1 is 1.22 bits per heavy atom. The summed E-state index contributed by atoms with van der Waals surface area (Å²) in [5.41, 5.74) is 0.446. The van der Waals surface area contributed by atoms with Gasteiger partial charge >= 0.3 is 0 Å². The number of imidazole rings is 1. The highest BCUT2D eigenvalue weighted by atomic mass is 32.1. The number of halogens is 2. The molecule has 0 aliphatic rings. The molecule has 1 amide bonds. The summed E-state index contributed by atoms with van der Waals surface area (Å²) < 4.78 is 28.4. The van der Waals surface area contributed by atoms with Crippen molar-refractivity contribution < 1.29 is 13.6 Å². The number of carbonyl (C=O) groups excluding carboxylic acids is 1. The molecular formula is C14H7F2N5OS. The first-order valence-electron chi connectivity index (χ1n) is 6.47. The molecule has 114 valence electrons. The molecule has 0 saturated carbocycles. The molecule has 0 fully saturated rings. The van der Waals surface area contributed by atoms with Gasteiger partial charge in [-0.15, -0.1) is 0 Å². The number of carbonyl (C=O) groups is 1. The zero-order valence-corrected chi connectivity index (χ0v) is 12.1. The highest BCUT2D eigenvalue weighted by Crippen LogP contribution is 2.28. The molecule has 0 bridgehead atoms. The summed E-state index contributed by atoms with van der Waals surface area (Å²) >= 11 is 1.05. The van der Waals surface area contributed by atoms with Crippen LogP contribution in [0.1, 0.15) is 10.5 Å². The van der Waals surface area contributed by atoms with Crippen molar-refractivity contribution in [3.05, 3.63) is 54.1 Å². The average Bonchev–Trinajstić information content (AvgIpc) is 3.11. The summed E-state index contributed by atoms with van der Waals surface area (Å²) in [6, 6.07) is 3.76. The van der Waals surface area contributed by atoms with Gasteiger partial charge in [0.25, 0.3) is 5.91 Å². The molecule has 1 N–H and O–H groups in total. The molecule has 9 heteroatoms. The van der Waals surface area contributed by atoms with Gasteiger partial charge in [-0.3, -0.25) is 14.5 Å². The number of nitrogens with one attached hydrogen (secondary N) is 1.